The van der Waals surface area contributed by atoms with Crippen LogP contribution in [0.25, 0.3) is 0 Å². The average molecular weight is 1440 g/mol. The highest BCUT2D eigenvalue weighted by atomic mass is 35.5. The van der Waals surface area contributed by atoms with Crippen molar-refractivity contribution in [1.82, 2.24) is 60.0 Å². The third-order valence-electron chi connectivity index (χ3n) is 23.0. The maximum Gasteiger partial charge on any atom is 0.417 e. The number of hydrogen-bond donors (Lipinski definition) is 3. The summed E-state index contributed by atoms with van der Waals surface area (Å²) in [5, 5.41) is 8.18. The molecule has 1 aromatic carbocycles. The number of carbonyl (C=O) groups excluding carboxylic acids is 12. The van der Waals surface area contributed by atoms with Crippen LogP contribution in [-0.4, -0.2) is 262 Å². The molecule has 5 heterocycles. The van der Waals surface area contributed by atoms with Crippen LogP contribution in [-0.2, 0) is 74.9 Å². The molecular weight excluding hydrogens is 1330 g/mol. The fourth-order valence-electron chi connectivity index (χ4n) is 16.2. The van der Waals surface area contributed by atoms with Gasteiger partial charge in [0, 0.05) is 55.4 Å². The highest BCUT2D eigenvalue weighted by molar-refractivity contribution is 6.31. The number of nitrogens with zero attached hydrogens (tertiary/aromatic N) is 9. The minimum Gasteiger partial charge on any atom is -0.377 e. The third-order valence-corrected chi connectivity index (χ3v) is 23.3. The fourth-order valence-corrected chi connectivity index (χ4v) is 16.5. The topological polar surface area (TPSA) is 279 Å². The number of nitrogens with one attached hydrogen (secondary N) is 3. The van der Waals surface area contributed by atoms with Crippen LogP contribution in [0.1, 0.15) is 175 Å². The second-order valence-electron chi connectivity index (χ2n) is 30.1. The summed E-state index contributed by atoms with van der Waals surface area (Å²) < 4.78 is 47.5. The Bertz CT molecular complexity index is 3240. The van der Waals surface area contributed by atoms with E-state index >= 15 is 33.6 Å². The second-order valence-corrected chi connectivity index (χ2v) is 30.5. The fraction of sp³-hybridized carbons (Fsp3) is 0.750. The lowest BCUT2D eigenvalue weighted by molar-refractivity contribution is -0.161. The van der Waals surface area contributed by atoms with E-state index < -0.39 is 172 Å². The van der Waals surface area contributed by atoms with E-state index in [9.17, 15) is 37.1 Å². The van der Waals surface area contributed by atoms with Crippen molar-refractivity contribution < 1.29 is 75.4 Å². The molecule has 562 valence electrons. The Labute approximate surface area is 597 Å². The van der Waals surface area contributed by atoms with Gasteiger partial charge in [-0.15, -0.1) is 0 Å². The van der Waals surface area contributed by atoms with Crippen molar-refractivity contribution in [2.75, 3.05) is 75.1 Å². The second kappa shape index (κ2) is 33.6. The van der Waals surface area contributed by atoms with Gasteiger partial charge in [0.25, 0.3) is 0 Å². The average Bonchev–Trinajstić information content (AvgIpc) is 1.77. The Morgan fingerprint density at radius 2 is 1.29 bits per heavy atom. The summed E-state index contributed by atoms with van der Waals surface area (Å²) in [7, 11) is 8.62. The Morgan fingerprint density at radius 3 is 1.86 bits per heavy atom. The van der Waals surface area contributed by atoms with Gasteiger partial charge in [0.15, 0.2) is 0 Å². The number of aryl methyl sites for hydroxylation is 1. The Hall–Kier alpha value is -7.10. The van der Waals surface area contributed by atoms with E-state index in [-0.39, 0.29) is 95.2 Å². The molecule has 7 fully saturated rings. The predicted octanol–water partition coefficient (Wildman–Crippen LogP) is 5.02. The molecule has 7 aliphatic rings. The molecule has 1 aromatic rings. The number of benzene rings is 1. The van der Waals surface area contributed by atoms with E-state index in [0.29, 0.717) is 63.4 Å². The molecule has 2 aliphatic carbocycles. The molecule has 2 bridgehead atoms. The summed E-state index contributed by atoms with van der Waals surface area (Å²) >= 11 is 6.16. The molecule has 101 heavy (non-hydrogen) atoms. The zero-order valence-corrected chi connectivity index (χ0v) is 62.0. The van der Waals surface area contributed by atoms with Crippen LogP contribution in [0.2, 0.25) is 5.02 Å². The van der Waals surface area contributed by atoms with Gasteiger partial charge < -0.3 is 64.8 Å². The van der Waals surface area contributed by atoms with Gasteiger partial charge >= 0.3 is 6.18 Å². The standard InChI is InChI=1S/C72H108ClF3N12O13/c1-14-42(5)58-67(97)81(9)44(7)63(93)87-34-30-53(87)65(95)84(12)60(46-21-16-17-22-46)68(98)80(8)38-56(89)77-51(29-25-45-24-28-49(50(73)36-45)72(74,75)76)64(94)86-33-20-23-52(86)62(92)79-71(31-18-19-32-71)70(100)85(13)59(43(6)15-2)69(99)83(11)55(66(96)88-47-26-27-48(88)40-101-39-47)37-57(90)82(10)54(35-41(3)4)61(91)78-58/h24,28,36,41-44,46-48,51-55,58-60H,14-23,25-27,29-35,37-40H2,1-13H3,(H,77,89)(H,78,91)(H,79,92)/t42-,43-,44-,47?,48?,51-,52-,53-,54-,55-,58-,59-,60-/m0/s1. The predicted molar refractivity (Wildman–Crippen MR) is 368 cm³/mol. The monoisotopic (exact) mass is 1440 g/mol. The SMILES string of the molecule is CC[C@H](C)[C@@H]1NC(=O)[C@H](CC(C)C)N(C)C(=O)C[C@@H](C(=O)N2C3CCC2COC3)N(C)C(=O)[C@H]([C@@H](C)CC)N(C)C(=O)C2(CCCC2)NC(=O)[C@@H]2CCCN2C(=O)[C@H](CCc2ccc(C(F)(F)F)c(Cl)c2)NC(=O)CN(C)C(=O)[C@H](C2CCCC2)N(C)C(=O)[C@@H]2CCN2C(=O)[C@H](C)N(C)C1=O. The third kappa shape index (κ3) is 17.4. The summed E-state index contributed by atoms with van der Waals surface area (Å²) in [5.41, 5.74) is -2.37. The molecule has 0 radical (unpaired) electrons. The van der Waals surface area contributed by atoms with Crippen molar-refractivity contribution in [2.24, 2.45) is 23.7 Å². The lowest BCUT2D eigenvalue weighted by Crippen LogP contribution is -2.65. The Morgan fingerprint density at radius 1 is 0.663 bits per heavy atom. The molecular formula is C72H108ClF3N12O13. The molecule has 13 atom stereocenters. The minimum atomic E-state index is -4.76. The van der Waals surface area contributed by atoms with Crippen molar-refractivity contribution in [3.05, 3.63) is 34.3 Å². The first kappa shape index (κ1) is 79.6. The zero-order chi connectivity index (χ0) is 74.4. The van der Waals surface area contributed by atoms with Crippen LogP contribution in [0.4, 0.5) is 13.2 Å². The number of rotatable bonds is 11. The molecule has 2 saturated carbocycles. The highest BCUT2D eigenvalue weighted by Gasteiger charge is 2.53. The number of halogens is 4. The number of amides is 12. The molecule has 29 heteroatoms. The molecule has 12 amide bonds. The summed E-state index contributed by atoms with van der Waals surface area (Å²) in [4.78, 5) is 193. The number of morpholine rings is 1. The number of likely N-dealkylation sites (N-methyl/N-ethyl adjacent to an activating group) is 6. The van der Waals surface area contributed by atoms with Crippen LogP contribution in [0.5, 0.6) is 0 Å². The minimum absolute atomic E-state index is 0.0289. The van der Waals surface area contributed by atoms with Gasteiger partial charge in [-0.1, -0.05) is 97.7 Å². The maximum atomic E-state index is 15.7. The first-order valence-corrected chi connectivity index (χ1v) is 36.8. The number of carbonyl (C=O) groups is 12. The molecule has 1 spiro atoms. The van der Waals surface area contributed by atoms with Crippen molar-refractivity contribution in [3.63, 3.8) is 0 Å². The van der Waals surface area contributed by atoms with Gasteiger partial charge in [0.1, 0.15) is 59.9 Å². The van der Waals surface area contributed by atoms with Gasteiger partial charge in [-0.3, -0.25) is 57.5 Å². The van der Waals surface area contributed by atoms with Crippen LogP contribution >= 0.6 is 11.6 Å². The maximum absolute atomic E-state index is 15.7. The number of hydrogen-bond acceptors (Lipinski definition) is 13. The summed E-state index contributed by atoms with van der Waals surface area (Å²) in [6, 6.07) is -8.64. The summed E-state index contributed by atoms with van der Waals surface area (Å²) in [6.45, 7) is 12.5. The van der Waals surface area contributed by atoms with Gasteiger partial charge in [0.2, 0.25) is 70.9 Å². The zero-order valence-electron chi connectivity index (χ0n) is 61.2. The van der Waals surface area contributed by atoms with E-state index in [1.807, 2.05) is 27.7 Å². The van der Waals surface area contributed by atoms with Crippen LogP contribution in [0.3, 0.4) is 0 Å². The lowest BCUT2D eigenvalue weighted by atomic mass is 9.90. The first-order valence-electron chi connectivity index (χ1n) is 36.4. The van der Waals surface area contributed by atoms with Crippen molar-refractivity contribution in [3.8, 4) is 0 Å². The molecule has 0 aromatic heterocycles. The molecule has 2 unspecified atom stereocenters. The molecule has 3 N–H and O–H groups in total. The number of alkyl halides is 3. The van der Waals surface area contributed by atoms with Gasteiger partial charge in [0.05, 0.1) is 48.8 Å². The quantitative estimate of drug-likeness (QED) is 0.263. The van der Waals surface area contributed by atoms with Gasteiger partial charge in [-0.05, 0) is 125 Å². The largest absolute Gasteiger partial charge is 0.417 e. The van der Waals surface area contributed by atoms with Crippen molar-refractivity contribution in [1.29, 1.82) is 0 Å². The van der Waals surface area contributed by atoms with Gasteiger partial charge in [-0.2, -0.15) is 13.2 Å². The smallest absolute Gasteiger partial charge is 0.377 e. The number of ether oxygens (including phenoxy) is 1. The molecule has 5 aliphatic heterocycles. The van der Waals surface area contributed by atoms with E-state index in [2.05, 4.69) is 16.0 Å². The summed E-state index contributed by atoms with van der Waals surface area (Å²) in [6.07, 6.45) is 1.10. The van der Waals surface area contributed by atoms with Crippen LogP contribution in [0.15, 0.2) is 18.2 Å². The van der Waals surface area contributed by atoms with Crippen LogP contribution in [0, 0.1) is 23.7 Å². The number of fused-ring (bicyclic) bond motifs is 4. The lowest BCUT2D eigenvalue weighted by Gasteiger charge is -2.45. The normalized spacial score (nSPS) is 29.7. The van der Waals surface area contributed by atoms with E-state index in [1.54, 1.807) is 18.7 Å². The first-order chi connectivity index (χ1) is 47.6. The van der Waals surface area contributed by atoms with E-state index in [0.717, 1.165) is 29.9 Å². The molecule has 8 rings (SSSR count). The highest BCUT2D eigenvalue weighted by Crippen LogP contribution is 2.39. The summed E-state index contributed by atoms with van der Waals surface area (Å²) in [5.74, 6) is -9.30. The van der Waals surface area contributed by atoms with Crippen LogP contribution < -0.4 is 16.0 Å². The van der Waals surface area contributed by atoms with Crippen molar-refractivity contribution in [2.45, 2.75) is 249 Å². The Kier molecular flexibility index (Phi) is 26.4. The molecule has 5 saturated heterocycles. The van der Waals surface area contributed by atoms with Gasteiger partial charge in [-0.25, -0.2) is 0 Å². The Balaban J connectivity index is 1.18. The molecule has 25 nitrogen and oxygen atoms in total. The van der Waals surface area contributed by atoms with E-state index in [4.69, 9.17) is 16.3 Å². The van der Waals surface area contributed by atoms with Crippen molar-refractivity contribution >= 4 is 82.5 Å². The van der Waals surface area contributed by atoms with E-state index in [1.165, 1.54) is 89.6 Å².